The highest BCUT2D eigenvalue weighted by atomic mass is 16.7. The van der Waals surface area contributed by atoms with Gasteiger partial charge in [0.1, 0.15) is 24.4 Å². The largest absolute Gasteiger partial charge is 0.394 e. The summed E-state index contributed by atoms with van der Waals surface area (Å²) >= 11 is 0. The number of rotatable bonds is 3. The SMILES string of the molecule is CC1(C)O[C@@]2(C)CC[C@@H]1C[C@@H]2O[C@H]1O[C@@H](CO)[C@@H](O)[C@@H](O)[C@@H]1O. The summed E-state index contributed by atoms with van der Waals surface area (Å²) in [5.74, 6) is 0.360. The summed E-state index contributed by atoms with van der Waals surface area (Å²) in [5.41, 5.74) is -0.681. The van der Waals surface area contributed by atoms with Crippen molar-refractivity contribution in [3.8, 4) is 0 Å². The number of hydrogen-bond donors (Lipinski definition) is 4. The molecule has 3 aliphatic heterocycles. The molecular formula is C16H28O7. The molecule has 134 valence electrons. The lowest BCUT2D eigenvalue weighted by Crippen LogP contribution is -2.65. The van der Waals surface area contributed by atoms with Gasteiger partial charge in [0, 0.05) is 0 Å². The van der Waals surface area contributed by atoms with Crippen molar-refractivity contribution < 1.29 is 34.6 Å². The molecule has 23 heavy (non-hydrogen) atoms. The first-order valence-corrected chi connectivity index (χ1v) is 8.34. The van der Waals surface area contributed by atoms with Crippen LogP contribution in [0, 0.1) is 5.92 Å². The van der Waals surface area contributed by atoms with Gasteiger partial charge in [-0.25, -0.2) is 0 Å². The van der Waals surface area contributed by atoms with E-state index in [0.29, 0.717) is 5.92 Å². The molecule has 0 aromatic heterocycles. The van der Waals surface area contributed by atoms with Crippen LogP contribution in [0.4, 0.5) is 0 Å². The Morgan fingerprint density at radius 2 is 1.78 bits per heavy atom. The molecule has 1 saturated carbocycles. The summed E-state index contributed by atoms with van der Waals surface area (Å²) in [6, 6.07) is 0. The van der Waals surface area contributed by atoms with E-state index in [1.165, 1.54) is 0 Å². The van der Waals surface area contributed by atoms with E-state index in [1.54, 1.807) is 0 Å². The normalized spacial score (nSPS) is 52.6. The Hall–Kier alpha value is -0.280. The Balaban J connectivity index is 1.72. The first kappa shape index (κ1) is 17.5. The van der Waals surface area contributed by atoms with Gasteiger partial charge in [0.05, 0.1) is 23.9 Å². The summed E-state index contributed by atoms with van der Waals surface area (Å²) in [6.07, 6.45) is -3.76. The van der Waals surface area contributed by atoms with Crippen LogP contribution in [0.15, 0.2) is 0 Å². The second kappa shape index (κ2) is 5.91. The minimum absolute atomic E-state index is 0.206. The van der Waals surface area contributed by atoms with Gasteiger partial charge in [0.2, 0.25) is 0 Å². The van der Waals surface area contributed by atoms with Crippen molar-refractivity contribution in [2.75, 3.05) is 6.61 Å². The zero-order chi connectivity index (χ0) is 17.0. The van der Waals surface area contributed by atoms with E-state index in [4.69, 9.17) is 14.2 Å². The van der Waals surface area contributed by atoms with E-state index in [1.807, 2.05) is 6.92 Å². The second-order valence-electron chi connectivity index (χ2n) is 7.81. The molecule has 2 bridgehead atoms. The molecule has 4 fully saturated rings. The maximum atomic E-state index is 10.1. The van der Waals surface area contributed by atoms with Crippen LogP contribution >= 0.6 is 0 Å². The molecule has 4 rings (SSSR count). The van der Waals surface area contributed by atoms with E-state index >= 15 is 0 Å². The number of fused-ring (bicyclic) bond motifs is 3. The third-order valence-electron chi connectivity index (χ3n) is 5.80. The molecule has 7 heteroatoms. The third kappa shape index (κ3) is 2.93. The van der Waals surface area contributed by atoms with Crippen LogP contribution in [-0.2, 0) is 14.2 Å². The highest BCUT2D eigenvalue weighted by Gasteiger charge is 2.56. The first-order chi connectivity index (χ1) is 10.7. The zero-order valence-electron chi connectivity index (χ0n) is 13.9. The average Bonchev–Trinajstić information content (AvgIpc) is 2.48. The van der Waals surface area contributed by atoms with E-state index in [2.05, 4.69) is 13.8 Å². The molecule has 3 saturated heterocycles. The van der Waals surface area contributed by atoms with E-state index < -0.39 is 42.9 Å². The number of ether oxygens (including phenoxy) is 3. The molecule has 0 aromatic carbocycles. The van der Waals surface area contributed by atoms with Gasteiger partial charge >= 0.3 is 0 Å². The topological polar surface area (TPSA) is 109 Å². The Labute approximate surface area is 136 Å². The van der Waals surface area contributed by atoms with Crippen molar-refractivity contribution in [1.82, 2.24) is 0 Å². The van der Waals surface area contributed by atoms with Gasteiger partial charge in [-0.3, -0.25) is 0 Å². The van der Waals surface area contributed by atoms with Gasteiger partial charge in [-0.05, 0) is 46.0 Å². The molecule has 0 aromatic rings. The number of hydrogen-bond acceptors (Lipinski definition) is 7. The maximum absolute atomic E-state index is 10.1. The summed E-state index contributed by atoms with van der Waals surface area (Å²) in [4.78, 5) is 0. The molecule has 7 nitrogen and oxygen atoms in total. The average molecular weight is 332 g/mol. The van der Waals surface area contributed by atoms with Crippen LogP contribution in [0.3, 0.4) is 0 Å². The molecule has 1 aliphatic carbocycles. The minimum atomic E-state index is -1.42. The van der Waals surface area contributed by atoms with Crippen LogP contribution in [-0.4, -0.2) is 75.0 Å². The smallest absolute Gasteiger partial charge is 0.187 e. The predicted octanol–water partition coefficient (Wildman–Crippen LogP) is -0.461. The predicted molar refractivity (Wildman–Crippen MR) is 79.6 cm³/mol. The van der Waals surface area contributed by atoms with E-state index in [0.717, 1.165) is 19.3 Å². The van der Waals surface area contributed by atoms with Gasteiger partial charge in [0.25, 0.3) is 0 Å². The molecule has 0 amide bonds. The fraction of sp³-hybridized carbons (Fsp3) is 1.00. The van der Waals surface area contributed by atoms with Crippen molar-refractivity contribution in [3.05, 3.63) is 0 Å². The molecule has 0 spiro atoms. The molecule has 4 N–H and O–H groups in total. The van der Waals surface area contributed by atoms with Gasteiger partial charge in [-0.15, -0.1) is 0 Å². The lowest BCUT2D eigenvalue weighted by atomic mass is 9.67. The second-order valence-corrected chi connectivity index (χ2v) is 7.81. The standard InChI is InChI=1S/C16H28O7/c1-15(2)8-4-5-16(3,23-15)10(6-8)22-14-13(20)12(19)11(18)9(7-17)21-14/h8-14,17-20H,4-7H2,1-3H3/t8-,9+,10+,11-,12-,13+,14-,16+/m1/s1. The Morgan fingerprint density at radius 3 is 2.35 bits per heavy atom. The number of aliphatic hydroxyl groups excluding tert-OH is 4. The summed E-state index contributed by atoms with van der Waals surface area (Å²) in [5, 5.41) is 39.1. The molecule has 0 radical (unpaired) electrons. The van der Waals surface area contributed by atoms with Gasteiger partial charge in [0.15, 0.2) is 6.29 Å². The monoisotopic (exact) mass is 332 g/mol. The fourth-order valence-corrected chi connectivity index (χ4v) is 4.22. The van der Waals surface area contributed by atoms with Crippen molar-refractivity contribution in [3.63, 3.8) is 0 Å². The van der Waals surface area contributed by atoms with Crippen LogP contribution in [0.25, 0.3) is 0 Å². The lowest BCUT2D eigenvalue weighted by molar-refractivity contribution is -0.353. The fourth-order valence-electron chi connectivity index (χ4n) is 4.22. The highest BCUT2D eigenvalue weighted by molar-refractivity contribution is 5.04. The van der Waals surface area contributed by atoms with Crippen LogP contribution in [0.1, 0.15) is 40.0 Å². The molecule has 8 atom stereocenters. The highest BCUT2D eigenvalue weighted by Crippen LogP contribution is 2.51. The van der Waals surface area contributed by atoms with Gasteiger partial charge in [-0.2, -0.15) is 0 Å². The third-order valence-corrected chi connectivity index (χ3v) is 5.80. The van der Waals surface area contributed by atoms with Crippen molar-refractivity contribution in [2.45, 2.75) is 88.0 Å². The first-order valence-electron chi connectivity index (χ1n) is 8.34. The summed E-state index contributed by atoms with van der Waals surface area (Å²) < 4.78 is 17.6. The van der Waals surface area contributed by atoms with Gasteiger partial charge in [-0.1, -0.05) is 0 Å². The van der Waals surface area contributed by atoms with Crippen LogP contribution in [0.2, 0.25) is 0 Å². The molecule has 4 aliphatic rings. The van der Waals surface area contributed by atoms with Gasteiger partial charge < -0.3 is 34.6 Å². The Morgan fingerprint density at radius 1 is 1.09 bits per heavy atom. The molecule has 3 heterocycles. The van der Waals surface area contributed by atoms with E-state index in [9.17, 15) is 20.4 Å². The number of aliphatic hydroxyl groups is 4. The van der Waals surface area contributed by atoms with Crippen LogP contribution in [0.5, 0.6) is 0 Å². The van der Waals surface area contributed by atoms with Crippen LogP contribution < -0.4 is 0 Å². The summed E-state index contributed by atoms with van der Waals surface area (Å²) in [7, 11) is 0. The van der Waals surface area contributed by atoms with Crippen molar-refractivity contribution >= 4 is 0 Å². The molecular weight excluding hydrogens is 304 g/mol. The molecule has 0 unspecified atom stereocenters. The Bertz CT molecular complexity index is 440. The van der Waals surface area contributed by atoms with Crippen molar-refractivity contribution in [2.24, 2.45) is 5.92 Å². The Kier molecular flexibility index (Phi) is 4.51. The zero-order valence-corrected chi connectivity index (χ0v) is 13.9. The lowest BCUT2D eigenvalue weighted by Gasteiger charge is -2.58. The maximum Gasteiger partial charge on any atom is 0.187 e. The quantitative estimate of drug-likeness (QED) is 0.554. The minimum Gasteiger partial charge on any atom is -0.394 e. The van der Waals surface area contributed by atoms with Crippen molar-refractivity contribution in [1.29, 1.82) is 0 Å². The van der Waals surface area contributed by atoms with E-state index in [-0.39, 0.29) is 11.7 Å². The summed E-state index contributed by atoms with van der Waals surface area (Å²) in [6.45, 7) is 5.70.